The molecule has 60 valence electrons. The Morgan fingerprint density at radius 2 is 1.70 bits per heavy atom. The minimum Gasteiger partial charge on any atom is -0.481 e. The van der Waals surface area contributed by atoms with Gasteiger partial charge in [0.2, 0.25) is 0 Å². The Morgan fingerprint density at radius 3 is 2.00 bits per heavy atom. The molecule has 0 aromatic rings. The summed E-state index contributed by atoms with van der Waals surface area (Å²) in [6.07, 6.45) is 5.24. The molecule has 0 spiro atoms. The van der Waals surface area contributed by atoms with Gasteiger partial charge in [0.05, 0.1) is 5.92 Å². The van der Waals surface area contributed by atoms with Crippen LogP contribution in [0.25, 0.3) is 0 Å². The third-order valence-electron chi connectivity index (χ3n) is 1.95. The maximum Gasteiger partial charge on any atom is 0.306 e. The Hall–Kier alpha value is -0.0500. The van der Waals surface area contributed by atoms with Crippen LogP contribution in [-0.2, 0) is 4.79 Å². The summed E-state index contributed by atoms with van der Waals surface area (Å²) >= 11 is 0. The van der Waals surface area contributed by atoms with Crippen LogP contribution in [-0.4, -0.2) is 11.1 Å². The van der Waals surface area contributed by atoms with Crippen LogP contribution >= 0.6 is 17.0 Å². The van der Waals surface area contributed by atoms with Crippen molar-refractivity contribution in [3.05, 3.63) is 0 Å². The van der Waals surface area contributed by atoms with Gasteiger partial charge in [-0.3, -0.25) is 4.79 Å². The lowest BCUT2D eigenvalue weighted by Gasteiger charge is -2.16. The van der Waals surface area contributed by atoms with Crippen LogP contribution in [0.5, 0.6) is 0 Å². The molecule has 0 radical (unpaired) electrons. The van der Waals surface area contributed by atoms with Gasteiger partial charge in [-0.05, 0) is 12.8 Å². The number of carboxylic acids is 1. The van der Waals surface area contributed by atoms with Gasteiger partial charge in [0, 0.05) is 0 Å². The molecule has 0 heterocycles. The number of aliphatic carboxylic acids is 1. The van der Waals surface area contributed by atoms with E-state index in [1.165, 1.54) is 6.42 Å². The topological polar surface area (TPSA) is 37.3 Å². The summed E-state index contributed by atoms with van der Waals surface area (Å²) in [4.78, 5) is 10.4. The van der Waals surface area contributed by atoms with E-state index in [9.17, 15) is 4.79 Å². The van der Waals surface area contributed by atoms with Crippen LogP contribution in [0.2, 0.25) is 0 Å². The Morgan fingerprint density at radius 1 is 1.20 bits per heavy atom. The van der Waals surface area contributed by atoms with E-state index in [1.54, 1.807) is 0 Å². The maximum atomic E-state index is 10.4. The Kier molecular flexibility index (Phi) is 4.69. The first-order valence-electron chi connectivity index (χ1n) is 3.53. The summed E-state index contributed by atoms with van der Waals surface area (Å²) in [5.41, 5.74) is 0. The van der Waals surface area contributed by atoms with Gasteiger partial charge in [-0.1, -0.05) is 19.3 Å². The molecule has 0 atom stereocenters. The fourth-order valence-corrected chi connectivity index (χ4v) is 1.35. The molecule has 0 bridgehead atoms. The number of hydrogen-bond donors (Lipinski definition) is 1. The van der Waals surface area contributed by atoms with E-state index < -0.39 is 5.97 Å². The van der Waals surface area contributed by atoms with Gasteiger partial charge >= 0.3 is 5.97 Å². The summed E-state index contributed by atoms with van der Waals surface area (Å²) < 4.78 is 0. The SMILES string of the molecule is Br.O=C(O)C1CCCCC1. The zero-order valence-electron chi connectivity index (χ0n) is 5.88. The lowest BCUT2D eigenvalue weighted by atomic mass is 9.90. The van der Waals surface area contributed by atoms with Crippen LogP contribution in [0.4, 0.5) is 0 Å². The van der Waals surface area contributed by atoms with Crippen molar-refractivity contribution in [1.29, 1.82) is 0 Å². The van der Waals surface area contributed by atoms with Crippen molar-refractivity contribution in [3.63, 3.8) is 0 Å². The minimum atomic E-state index is -0.602. The van der Waals surface area contributed by atoms with Gasteiger partial charge in [-0.25, -0.2) is 0 Å². The van der Waals surface area contributed by atoms with Crippen molar-refractivity contribution < 1.29 is 9.90 Å². The highest BCUT2D eigenvalue weighted by atomic mass is 79.9. The van der Waals surface area contributed by atoms with Crippen molar-refractivity contribution in [3.8, 4) is 0 Å². The normalized spacial score (nSPS) is 19.6. The fraction of sp³-hybridized carbons (Fsp3) is 0.857. The first-order valence-corrected chi connectivity index (χ1v) is 3.53. The second-order valence-electron chi connectivity index (χ2n) is 2.67. The first kappa shape index (κ1) is 9.95. The third-order valence-corrected chi connectivity index (χ3v) is 1.95. The average Bonchev–Trinajstić information content (AvgIpc) is 1.90. The molecule has 1 aliphatic rings. The zero-order chi connectivity index (χ0) is 6.69. The molecule has 1 N–H and O–H groups in total. The number of hydrogen-bond acceptors (Lipinski definition) is 1. The van der Waals surface area contributed by atoms with Gasteiger partial charge in [0.15, 0.2) is 0 Å². The molecule has 0 aromatic carbocycles. The van der Waals surface area contributed by atoms with Gasteiger partial charge in [-0.15, -0.1) is 17.0 Å². The molecule has 0 aliphatic heterocycles. The van der Waals surface area contributed by atoms with Crippen LogP contribution in [0.3, 0.4) is 0 Å². The standard InChI is InChI=1S/C7H12O2.BrH/c8-7(9)6-4-2-1-3-5-6;/h6H,1-5H2,(H,8,9);1H. The molecule has 1 rings (SSSR count). The second-order valence-corrected chi connectivity index (χ2v) is 2.67. The van der Waals surface area contributed by atoms with Gasteiger partial charge in [0.25, 0.3) is 0 Å². The fourth-order valence-electron chi connectivity index (χ4n) is 1.35. The Balaban J connectivity index is 0.000000810. The molecule has 0 saturated heterocycles. The summed E-state index contributed by atoms with van der Waals surface area (Å²) in [7, 11) is 0. The largest absolute Gasteiger partial charge is 0.481 e. The zero-order valence-corrected chi connectivity index (χ0v) is 7.59. The smallest absolute Gasteiger partial charge is 0.306 e. The van der Waals surface area contributed by atoms with Gasteiger partial charge in [-0.2, -0.15) is 0 Å². The van der Waals surface area contributed by atoms with Crippen molar-refractivity contribution in [1.82, 2.24) is 0 Å². The summed E-state index contributed by atoms with van der Waals surface area (Å²) in [6.45, 7) is 0. The Labute approximate surface area is 71.4 Å². The summed E-state index contributed by atoms with van der Waals surface area (Å²) in [5.74, 6) is -0.631. The molecule has 10 heavy (non-hydrogen) atoms. The van der Waals surface area contributed by atoms with Gasteiger partial charge < -0.3 is 5.11 Å². The summed E-state index contributed by atoms with van der Waals surface area (Å²) in [6, 6.07) is 0. The number of carbonyl (C=O) groups is 1. The first-order chi connectivity index (χ1) is 4.30. The number of carboxylic acid groups (broad SMARTS) is 1. The lowest BCUT2D eigenvalue weighted by Crippen LogP contribution is -2.16. The van der Waals surface area contributed by atoms with E-state index in [2.05, 4.69) is 0 Å². The Bertz CT molecular complexity index is 108. The van der Waals surface area contributed by atoms with Crippen molar-refractivity contribution in [2.75, 3.05) is 0 Å². The second kappa shape index (κ2) is 4.72. The molecular formula is C7H13BrO2. The quantitative estimate of drug-likeness (QED) is 0.718. The number of halogens is 1. The van der Waals surface area contributed by atoms with E-state index >= 15 is 0 Å². The maximum absolute atomic E-state index is 10.4. The molecule has 2 nitrogen and oxygen atoms in total. The predicted octanol–water partition coefficient (Wildman–Crippen LogP) is 2.23. The van der Waals surface area contributed by atoms with Crippen LogP contribution in [0.15, 0.2) is 0 Å². The molecule has 0 aromatic heterocycles. The van der Waals surface area contributed by atoms with E-state index in [1.807, 2.05) is 0 Å². The predicted molar refractivity (Wildman–Crippen MR) is 44.5 cm³/mol. The van der Waals surface area contributed by atoms with E-state index in [4.69, 9.17) is 5.11 Å². The highest BCUT2D eigenvalue weighted by molar-refractivity contribution is 8.93. The molecule has 0 amide bonds. The molecule has 3 heteroatoms. The number of rotatable bonds is 1. The van der Waals surface area contributed by atoms with Crippen molar-refractivity contribution in [2.45, 2.75) is 32.1 Å². The molecular weight excluding hydrogens is 196 g/mol. The monoisotopic (exact) mass is 208 g/mol. The molecule has 1 fully saturated rings. The third kappa shape index (κ3) is 2.69. The van der Waals surface area contributed by atoms with Crippen molar-refractivity contribution >= 4 is 23.0 Å². The van der Waals surface area contributed by atoms with Crippen molar-refractivity contribution in [2.24, 2.45) is 5.92 Å². The van der Waals surface area contributed by atoms with Crippen LogP contribution in [0.1, 0.15) is 32.1 Å². The summed E-state index contributed by atoms with van der Waals surface area (Å²) in [5, 5.41) is 8.54. The molecule has 0 unspecified atom stereocenters. The van der Waals surface area contributed by atoms with E-state index in [-0.39, 0.29) is 22.9 Å². The van der Waals surface area contributed by atoms with E-state index in [0.717, 1.165) is 25.7 Å². The molecule has 1 saturated carbocycles. The van der Waals surface area contributed by atoms with Gasteiger partial charge in [0.1, 0.15) is 0 Å². The minimum absolute atomic E-state index is 0. The van der Waals surface area contributed by atoms with Crippen LogP contribution in [0, 0.1) is 5.92 Å². The van der Waals surface area contributed by atoms with Crippen LogP contribution < -0.4 is 0 Å². The average molecular weight is 209 g/mol. The highest BCUT2D eigenvalue weighted by Crippen LogP contribution is 2.23. The lowest BCUT2D eigenvalue weighted by molar-refractivity contribution is -0.142. The molecule has 1 aliphatic carbocycles. The highest BCUT2D eigenvalue weighted by Gasteiger charge is 2.19. The van der Waals surface area contributed by atoms with E-state index in [0.29, 0.717) is 0 Å².